The molecule has 0 aliphatic heterocycles. The zero-order valence-corrected chi connectivity index (χ0v) is 20.0. The minimum atomic E-state index is -1.38. The molecule has 0 bridgehead atoms. The van der Waals surface area contributed by atoms with Gasteiger partial charge in [0, 0.05) is 23.5 Å². The SMILES string of the molecule is C[C@H](NC(=O)[C@@](C)(Cc1c[nH]c2ccccc12)NC(=O)OCc1ccc(F)c(F)c1)c1ccccc1. The van der Waals surface area contributed by atoms with Gasteiger partial charge in [-0.3, -0.25) is 4.79 Å². The first kappa shape index (κ1) is 24.9. The number of carbonyl (C=O) groups excluding carboxylic acids is 2. The predicted molar refractivity (Wildman–Crippen MR) is 133 cm³/mol. The second-order valence-electron chi connectivity index (χ2n) is 8.92. The molecule has 36 heavy (non-hydrogen) atoms. The molecule has 2 amide bonds. The van der Waals surface area contributed by atoms with Crippen LogP contribution < -0.4 is 10.6 Å². The fraction of sp³-hybridized carbons (Fsp3) is 0.214. The molecule has 186 valence electrons. The summed E-state index contributed by atoms with van der Waals surface area (Å²) in [5, 5.41) is 6.61. The molecule has 2 atom stereocenters. The maximum atomic E-state index is 13.5. The third-order valence-corrected chi connectivity index (χ3v) is 6.10. The van der Waals surface area contributed by atoms with Crippen molar-refractivity contribution in [2.75, 3.05) is 0 Å². The van der Waals surface area contributed by atoms with Gasteiger partial charge in [0.1, 0.15) is 12.1 Å². The van der Waals surface area contributed by atoms with E-state index in [2.05, 4.69) is 15.6 Å². The zero-order chi connectivity index (χ0) is 25.7. The van der Waals surface area contributed by atoms with Crippen molar-refractivity contribution in [2.24, 2.45) is 0 Å². The summed E-state index contributed by atoms with van der Waals surface area (Å²) >= 11 is 0. The molecule has 0 fully saturated rings. The van der Waals surface area contributed by atoms with Crippen LogP contribution in [0.5, 0.6) is 0 Å². The molecule has 0 saturated carbocycles. The van der Waals surface area contributed by atoms with Gasteiger partial charge in [0.2, 0.25) is 5.91 Å². The number of benzene rings is 3. The molecular formula is C28H27F2N3O3. The van der Waals surface area contributed by atoms with Crippen LogP contribution in [0.2, 0.25) is 0 Å². The summed E-state index contributed by atoms with van der Waals surface area (Å²) in [5.74, 6) is -2.41. The Hall–Kier alpha value is -4.20. The number of aromatic amines is 1. The number of halogens is 2. The maximum Gasteiger partial charge on any atom is 0.408 e. The van der Waals surface area contributed by atoms with Gasteiger partial charge in [0.05, 0.1) is 6.04 Å². The molecule has 3 N–H and O–H groups in total. The van der Waals surface area contributed by atoms with Gasteiger partial charge in [0.25, 0.3) is 0 Å². The molecule has 4 aromatic rings. The second kappa shape index (κ2) is 10.6. The number of ether oxygens (including phenoxy) is 1. The van der Waals surface area contributed by atoms with Gasteiger partial charge in [-0.05, 0) is 48.7 Å². The lowest BCUT2D eigenvalue weighted by atomic mass is 9.91. The van der Waals surface area contributed by atoms with Crippen LogP contribution in [0.4, 0.5) is 13.6 Å². The van der Waals surface area contributed by atoms with Crippen LogP contribution in [0.25, 0.3) is 10.9 Å². The van der Waals surface area contributed by atoms with Gasteiger partial charge >= 0.3 is 6.09 Å². The van der Waals surface area contributed by atoms with Gasteiger partial charge in [0.15, 0.2) is 11.6 Å². The Kier molecular flexibility index (Phi) is 7.33. The van der Waals surface area contributed by atoms with Gasteiger partial charge in [-0.25, -0.2) is 13.6 Å². The Labute approximate surface area is 207 Å². The van der Waals surface area contributed by atoms with E-state index in [0.717, 1.165) is 34.2 Å². The normalized spacial score (nSPS) is 13.6. The highest BCUT2D eigenvalue weighted by atomic mass is 19.2. The lowest BCUT2D eigenvalue weighted by Crippen LogP contribution is -2.58. The molecule has 0 radical (unpaired) electrons. The van der Waals surface area contributed by atoms with Crippen LogP contribution in [-0.4, -0.2) is 22.5 Å². The van der Waals surface area contributed by atoms with Crippen molar-refractivity contribution in [3.63, 3.8) is 0 Å². The van der Waals surface area contributed by atoms with Crippen molar-refractivity contribution < 1.29 is 23.1 Å². The smallest absolute Gasteiger partial charge is 0.408 e. The van der Waals surface area contributed by atoms with Crippen LogP contribution >= 0.6 is 0 Å². The monoisotopic (exact) mass is 491 g/mol. The van der Waals surface area contributed by atoms with Crippen molar-refractivity contribution >= 4 is 22.9 Å². The van der Waals surface area contributed by atoms with Gasteiger partial charge in [-0.15, -0.1) is 0 Å². The summed E-state index contributed by atoms with van der Waals surface area (Å²) in [6.07, 6.45) is 1.14. The number of fused-ring (bicyclic) bond motifs is 1. The average Bonchev–Trinajstić information content (AvgIpc) is 3.27. The molecule has 6 nitrogen and oxygen atoms in total. The zero-order valence-electron chi connectivity index (χ0n) is 20.0. The van der Waals surface area contributed by atoms with Crippen molar-refractivity contribution in [3.05, 3.63) is 107 Å². The predicted octanol–water partition coefficient (Wildman–Crippen LogP) is 5.55. The number of hydrogen-bond acceptors (Lipinski definition) is 3. The van der Waals surface area contributed by atoms with Crippen molar-refractivity contribution in [3.8, 4) is 0 Å². The van der Waals surface area contributed by atoms with Crippen LogP contribution in [0.15, 0.2) is 79.0 Å². The van der Waals surface area contributed by atoms with Crippen LogP contribution in [0.1, 0.15) is 36.6 Å². The van der Waals surface area contributed by atoms with Crippen LogP contribution in [-0.2, 0) is 22.6 Å². The Morgan fingerprint density at radius 2 is 1.72 bits per heavy atom. The van der Waals surface area contributed by atoms with E-state index in [-0.39, 0.29) is 24.6 Å². The molecule has 1 aromatic heterocycles. The molecule has 8 heteroatoms. The van der Waals surface area contributed by atoms with E-state index in [1.54, 1.807) is 6.92 Å². The Morgan fingerprint density at radius 1 is 1.00 bits per heavy atom. The number of nitrogens with one attached hydrogen (secondary N) is 3. The second-order valence-corrected chi connectivity index (χ2v) is 8.92. The number of hydrogen-bond donors (Lipinski definition) is 3. The summed E-state index contributed by atoms with van der Waals surface area (Å²) < 4.78 is 31.9. The van der Waals surface area contributed by atoms with Crippen molar-refractivity contribution in [2.45, 2.75) is 38.5 Å². The summed E-state index contributed by atoms with van der Waals surface area (Å²) in [7, 11) is 0. The van der Waals surface area contributed by atoms with Crippen molar-refractivity contribution in [1.82, 2.24) is 15.6 Å². The van der Waals surface area contributed by atoms with E-state index in [4.69, 9.17) is 4.74 Å². The minimum absolute atomic E-state index is 0.185. The Balaban J connectivity index is 1.53. The number of amides is 2. The van der Waals surface area contributed by atoms with E-state index in [0.29, 0.717) is 0 Å². The number of H-pyrrole nitrogens is 1. The standard InChI is InChI=1S/C28H27F2N3O3/c1-18(20-8-4-3-5-9-20)32-26(34)28(2,15-21-16-31-25-11-7-6-10-22(21)25)33-27(35)36-17-19-12-13-23(29)24(30)14-19/h3-14,16,18,31H,15,17H2,1-2H3,(H,32,34)(H,33,35)/t18-,28+/m0/s1. The van der Waals surface area contributed by atoms with E-state index < -0.39 is 29.2 Å². The topological polar surface area (TPSA) is 83.2 Å². The molecule has 3 aromatic carbocycles. The van der Waals surface area contributed by atoms with Gasteiger partial charge < -0.3 is 20.4 Å². The number of aromatic nitrogens is 1. The average molecular weight is 492 g/mol. The molecule has 0 unspecified atom stereocenters. The molecule has 0 saturated heterocycles. The van der Waals surface area contributed by atoms with E-state index >= 15 is 0 Å². The summed E-state index contributed by atoms with van der Waals surface area (Å²) in [6.45, 7) is 3.20. The van der Waals surface area contributed by atoms with Crippen LogP contribution in [0, 0.1) is 11.6 Å². The number of alkyl carbamates (subject to hydrolysis) is 1. The lowest BCUT2D eigenvalue weighted by Gasteiger charge is -2.31. The van der Waals surface area contributed by atoms with E-state index in [1.165, 1.54) is 6.07 Å². The van der Waals surface area contributed by atoms with E-state index in [9.17, 15) is 18.4 Å². The highest BCUT2D eigenvalue weighted by Crippen LogP contribution is 2.24. The molecule has 1 heterocycles. The van der Waals surface area contributed by atoms with E-state index in [1.807, 2.05) is 67.7 Å². The van der Waals surface area contributed by atoms with Crippen LogP contribution in [0.3, 0.4) is 0 Å². The Bertz CT molecular complexity index is 1370. The number of rotatable bonds is 8. The molecule has 4 rings (SSSR count). The molecule has 0 aliphatic rings. The first-order valence-corrected chi connectivity index (χ1v) is 11.5. The molecule has 0 aliphatic carbocycles. The largest absolute Gasteiger partial charge is 0.445 e. The fourth-order valence-electron chi connectivity index (χ4n) is 4.06. The number of para-hydroxylation sites is 1. The van der Waals surface area contributed by atoms with Crippen molar-refractivity contribution in [1.29, 1.82) is 0 Å². The van der Waals surface area contributed by atoms with Gasteiger partial charge in [-0.2, -0.15) is 0 Å². The minimum Gasteiger partial charge on any atom is -0.445 e. The van der Waals surface area contributed by atoms with Gasteiger partial charge in [-0.1, -0.05) is 54.6 Å². The first-order valence-electron chi connectivity index (χ1n) is 11.5. The highest BCUT2D eigenvalue weighted by molar-refractivity contribution is 5.91. The third-order valence-electron chi connectivity index (χ3n) is 6.10. The summed E-state index contributed by atoms with van der Waals surface area (Å²) in [4.78, 5) is 29.5. The fourth-order valence-corrected chi connectivity index (χ4v) is 4.06. The maximum absolute atomic E-state index is 13.5. The third kappa shape index (κ3) is 5.71. The summed E-state index contributed by atoms with van der Waals surface area (Å²) in [5.41, 5.74) is 1.58. The highest BCUT2D eigenvalue weighted by Gasteiger charge is 2.37. The Morgan fingerprint density at radius 3 is 2.47 bits per heavy atom. The quantitative estimate of drug-likeness (QED) is 0.302. The first-order chi connectivity index (χ1) is 17.2. The molecule has 0 spiro atoms. The number of carbonyl (C=O) groups is 2. The molecular weight excluding hydrogens is 464 g/mol. The summed E-state index contributed by atoms with van der Waals surface area (Å²) in [6, 6.07) is 20.1. The lowest BCUT2D eigenvalue weighted by molar-refractivity contribution is -0.127.